The molecule has 0 saturated heterocycles. The Labute approximate surface area is 162 Å². The number of carbonyl (C=O) groups is 1. The summed E-state index contributed by atoms with van der Waals surface area (Å²) in [6, 6.07) is 22.8. The summed E-state index contributed by atoms with van der Waals surface area (Å²) in [6.45, 7) is 2.04. The number of phenols is 1. The molecular formula is C25H18O3. The zero-order valence-electron chi connectivity index (χ0n) is 15.4. The first-order valence-electron chi connectivity index (χ1n) is 9.27. The van der Waals surface area contributed by atoms with E-state index in [4.69, 9.17) is 4.42 Å². The Morgan fingerprint density at radius 1 is 0.929 bits per heavy atom. The van der Waals surface area contributed by atoms with Crippen LogP contribution in [-0.2, 0) is 6.42 Å². The molecule has 28 heavy (non-hydrogen) atoms. The summed E-state index contributed by atoms with van der Waals surface area (Å²) < 4.78 is 6.18. The van der Waals surface area contributed by atoms with Crippen molar-refractivity contribution in [3.8, 4) is 28.2 Å². The second-order valence-corrected chi connectivity index (χ2v) is 7.16. The molecule has 5 rings (SSSR count). The van der Waals surface area contributed by atoms with Crippen LogP contribution in [0.3, 0.4) is 0 Å². The van der Waals surface area contributed by atoms with E-state index in [9.17, 15) is 9.90 Å². The normalized spacial score (nSPS) is 11.9. The smallest absolute Gasteiger partial charge is 0.232 e. The number of ketones is 1. The van der Waals surface area contributed by atoms with Crippen LogP contribution in [0.15, 0.2) is 77.2 Å². The van der Waals surface area contributed by atoms with Crippen LogP contribution in [0, 0.1) is 6.92 Å². The van der Waals surface area contributed by atoms with Gasteiger partial charge in [0.15, 0.2) is 5.76 Å². The lowest BCUT2D eigenvalue weighted by molar-refractivity contribution is 0.101. The maximum Gasteiger partial charge on any atom is 0.232 e. The zero-order chi connectivity index (χ0) is 19.3. The van der Waals surface area contributed by atoms with Crippen LogP contribution in [0.2, 0.25) is 0 Å². The maximum atomic E-state index is 13.3. The average molecular weight is 366 g/mol. The quantitative estimate of drug-likeness (QED) is 0.413. The third kappa shape index (κ3) is 2.48. The van der Waals surface area contributed by atoms with Crippen molar-refractivity contribution in [2.24, 2.45) is 0 Å². The fourth-order valence-electron chi connectivity index (χ4n) is 3.91. The topological polar surface area (TPSA) is 50.4 Å². The lowest BCUT2D eigenvalue weighted by Gasteiger charge is -2.07. The second-order valence-electron chi connectivity index (χ2n) is 7.16. The van der Waals surface area contributed by atoms with Crippen molar-refractivity contribution >= 4 is 5.78 Å². The molecule has 0 bridgehead atoms. The second kappa shape index (κ2) is 6.24. The van der Waals surface area contributed by atoms with Crippen molar-refractivity contribution in [2.45, 2.75) is 13.3 Å². The number of rotatable bonds is 3. The molecule has 0 atom stereocenters. The van der Waals surface area contributed by atoms with E-state index in [2.05, 4.69) is 6.07 Å². The van der Waals surface area contributed by atoms with Crippen LogP contribution in [0.25, 0.3) is 22.5 Å². The van der Waals surface area contributed by atoms with Gasteiger partial charge < -0.3 is 9.52 Å². The molecule has 0 unspecified atom stereocenters. The molecule has 4 aromatic rings. The van der Waals surface area contributed by atoms with Gasteiger partial charge in [0.05, 0.1) is 5.56 Å². The number of furan rings is 1. The Balaban J connectivity index is 1.75. The highest BCUT2D eigenvalue weighted by Crippen LogP contribution is 2.46. The number of hydrogen-bond donors (Lipinski definition) is 1. The van der Waals surface area contributed by atoms with E-state index in [0.717, 1.165) is 40.0 Å². The van der Waals surface area contributed by atoms with Gasteiger partial charge in [0.25, 0.3) is 0 Å². The molecule has 1 heterocycles. The number of para-hydroxylation sites is 1. The van der Waals surface area contributed by atoms with Crippen LogP contribution in [0.5, 0.6) is 5.75 Å². The highest BCUT2D eigenvalue weighted by atomic mass is 16.4. The predicted octanol–water partition coefficient (Wildman–Crippen LogP) is 5.76. The van der Waals surface area contributed by atoms with Gasteiger partial charge in [-0.25, -0.2) is 0 Å². The first-order valence-corrected chi connectivity index (χ1v) is 9.27. The number of phenolic OH excluding ortho intramolecular Hbond substituents is 1. The van der Waals surface area contributed by atoms with Gasteiger partial charge in [-0.05, 0) is 30.2 Å². The Morgan fingerprint density at radius 2 is 1.64 bits per heavy atom. The summed E-state index contributed by atoms with van der Waals surface area (Å²) in [5, 5.41) is 10.2. The monoisotopic (exact) mass is 366 g/mol. The Morgan fingerprint density at radius 3 is 2.43 bits per heavy atom. The third-order valence-corrected chi connectivity index (χ3v) is 5.33. The molecule has 3 aromatic carbocycles. The van der Waals surface area contributed by atoms with Gasteiger partial charge in [-0.3, -0.25) is 4.79 Å². The number of carbonyl (C=O) groups excluding carboxylic acids is 1. The van der Waals surface area contributed by atoms with E-state index in [1.807, 2.05) is 49.4 Å². The van der Waals surface area contributed by atoms with Crippen molar-refractivity contribution in [3.05, 3.63) is 101 Å². The molecular weight excluding hydrogens is 348 g/mol. The zero-order valence-corrected chi connectivity index (χ0v) is 15.4. The number of aromatic hydroxyl groups is 1. The third-order valence-electron chi connectivity index (χ3n) is 5.33. The molecule has 3 heteroatoms. The molecule has 1 aromatic heterocycles. The maximum absolute atomic E-state index is 13.3. The lowest BCUT2D eigenvalue weighted by atomic mass is 9.95. The highest BCUT2D eigenvalue weighted by molar-refractivity contribution is 6.13. The molecule has 1 N–H and O–H groups in total. The summed E-state index contributed by atoms with van der Waals surface area (Å²) in [5.41, 5.74) is 6.43. The summed E-state index contributed by atoms with van der Waals surface area (Å²) in [4.78, 5) is 13.3. The largest absolute Gasteiger partial charge is 0.507 e. The predicted molar refractivity (Wildman–Crippen MR) is 109 cm³/mol. The molecule has 0 spiro atoms. The number of hydrogen-bond acceptors (Lipinski definition) is 3. The van der Waals surface area contributed by atoms with Crippen LogP contribution in [-0.4, -0.2) is 10.9 Å². The van der Waals surface area contributed by atoms with Crippen molar-refractivity contribution in [2.75, 3.05) is 0 Å². The van der Waals surface area contributed by atoms with Gasteiger partial charge in [0.1, 0.15) is 11.5 Å². The number of benzene rings is 3. The summed E-state index contributed by atoms with van der Waals surface area (Å²) in [6.07, 6.45) is 0.728. The SMILES string of the molecule is Cc1ccc(-c2c(C(=O)c3ccccc3O)oc3c2Cc2ccccc2-3)cc1. The standard InChI is InChI=1S/C25H18O3/c1-15-10-12-16(13-11-15)22-20-14-17-6-2-3-7-18(17)24(20)28-25(22)23(27)19-8-4-5-9-21(19)26/h2-13,26H,14H2,1H3. The van der Waals surface area contributed by atoms with E-state index in [-0.39, 0.29) is 22.9 Å². The number of fused-ring (bicyclic) bond motifs is 3. The Bertz CT molecular complexity index is 1210. The van der Waals surface area contributed by atoms with Crippen molar-refractivity contribution in [1.82, 2.24) is 0 Å². The molecule has 1 aliphatic rings. The molecule has 0 fully saturated rings. The summed E-state index contributed by atoms with van der Waals surface area (Å²) >= 11 is 0. The average Bonchev–Trinajstić information content (AvgIpc) is 3.25. The van der Waals surface area contributed by atoms with Crippen molar-refractivity contribution in [3.63, 3.8) is 0 Å². The van der Waals surface area contributed by atoms with Gasteiger partial charge in [-0.1, -0.05) is 66.2 Å². The Kier molecular flexibility index (Phi) is 3.69. The van der Waals surface area contributed by atoms with Gasteiger partial charge in [-0.15, -0.1) is 0 Å². The first kappa shape index (κ1) is 16.6. The first-order chi connectivity index (χ1) is 13.6. The van der Waals surface area contributed by atoms with E-state index < -0.39 is 0 Å². The minimum absolute atomic E-state index is 0.0423. The van der Waals surface area contributed by atoms with Gasteiger partial charge in [0.2, 0.25) is 5.78 Å². The molecule has 0 aliphatic heterocycles. The van der Waals surface area contributed by atoms with Gasteiger partial charge in [-0.2, -0.15) is 0 Å². The van der Waals surface area contributed by atoms with E-state index in [1.54, 1.807) is 18.2 Å². The minimum Gasteiger partial charge on any atom is -0.507 e. The molecule has 3 nitrogen and oxygen atoms in total. The van der Waals surface area contributed by atoms with Crippen molar-refractivity contribution < 1.29 is 14.3 Å². The molecule has 0 amide bonds. The van der Waals surface area contributed by atoms with Crippen LogP contribution >= 0.6 is 0 Å². The lowest BCUT2D eigenvalue weighted by Crippen LogP contribution is -2.03. The fourth-order valence-corrected chi connectivity index (χ4v) is 3.91. The highest BCUT2D eigenvalue weighted by Gasteiger charge is 2.32. The van der Waals surface area contributed by atoms with E-state index >= 15 is 0 Å². The molecule has 1 aliphatic carbocycles. The molecule has 0 radical (unpaired) electrons. The van der Waals surface area contributed by atoms with E-state index in [1.165, 1.54) is 11.6 Å². The fraction of sp³-hybridized carbons (Fsp3) is 0.0800. The van der Waals surface area contributed by atoms with Crippen LogP contribution in [0.1, 0.15) is 32.8 Å². The summed E-state index contributed by atoms with van der Waals surface area (Å²) in [5.74, 6) is 0.690. The molecule has 136 valence electrons. The minimum atomic E-state index is -0.305. The number of aryl methyl sites for hydroxylation is 1. The summed E-state index contributed by atoms with van der Waals surface area (Å²) in [7, 11) is 0. The Hall–Kier alpha value is -3.59. The van der Waals surface area contributed by atoms with Gasteiger partial charge >= 0.3 is 0 Å². The van der Waals surface area contributed by atoms with E-state index in [0.29, 0.717) is 0 Å². The molecule has 0 saturated carbocycles. The van der Waals surface area contributed by atoms with Crippen LogP contribution < -0.4 is 0 Å². The van der Waals surface area contributed by atoms with Gasteiger partial charge in [0, 0.05) is 23.1 Å². The van der Waals surface area contributed by atoms with Crippen LogP contribution in [0.4, 0.5) is 0 Å². The van der Waals surface area contributed by atoms with Crippen molar-refractivity contribution in [1.29, 1.82) is 0 Å².